The fraction of sp³-hybridized carbons (Fsp3) is 0.284. The van der Waals surface area contributed by atoms with Crippen LogP contribution in [-0.4, -0.2) is 171 Å². The normalized spacial score (nSPS) is 12.5. The van der Waals surface area contributed by atoms with Crippen LogP contribution in [0.3, 0.4) is 0 Å². The maximum atomic E-state index is 13.8. The van der Waals surface area contributed by atoms with Crippen LogP contribution >= 0.6 is 34.0 Å². The number of carbonyl (C=O) groups excluding carboxylic acids is 3. The van der Waals surface area contributed by atoms with Gasteiger partial charge in [0, 0.05) is 89.1 Å². The van der Waals surface area contributed by atoms with Crippen molar-refractivity contribution >= 4 is 174 Å². The van der Waals surface area contributed by atoms with Gasteiger partial charge in [-0.1, -0.05) is 167 Å². The summed E-state index contributed by atoms with van der Waals surface area (Å²) >= 11 is 3.83. The summed E-state index contributed by atoms with van der Waals surface area (Å²) in [5.74, 6) is -2.26. The number of hydrogen-bond donors (Lipinski definition) is 1. The fourth-order valence-electron chi connectivity index (χ4n) is 14.8. The van der Waals surface area contributed by atoms with Crippen molar-refractivity contribution in [1.29, 1.82) is 0 Å². The number of fused-ring (bicyclic) bond motifs is 12. The fourth-order valence-corrected chi connectivity index (χ4v) is 20.7. The van der Waals surface area contributed by atoms with Crippen molar-refractivity contribution in [2.45, 2.75) is 107 Å². The first-order valence-corrected chi connectivity index (χ1v) is 51.8. The van der Waals surface area contributed by atoms with E-state index < -0.39 is 37.8 Å². The number of benzene rings is 6. The Morgan fingerprint density at radius 3 is 1.22 bits per heavy atom. The Hall–Kier alpha value is -12.6. The second kappa shape index (κ2) is 36.7. The lowest BCUT2D eigenvalue weighted by Gasteiger charge is -2.15. The summed E-state index contributed by atoms with van der Waals surface area (Å²) in [6, 6.07) is 48.3. The van der Waals surface area contributed by atoms with Crippen molar-refractivity contribution in [3.8, 4) is 0 Å². The summed E-state index contributed by atoms with van der Waals surface area (Å²) in [6.07, 6.45) is 11.9. The van der Waals surface area contributed by atoms with Gasteiger partial charge in [0.1, 0.15) is 51.9 Å². The van der Waals surface area contributed by atoms with Gasteiger partial charge in [-0.25, -0.2) is 46.8 Å². The van der Waals surface area contributed by atoms with Gasteiger partial charge in [-0.15, -0.1) is 34.0 Å². The number of aromatic nitrogens is 18. The quantitative estimate of drug-likeness (QED) is 0.0240. The molecule has 0 aliphatic carbocycles. The van der Waals surface area contributed by atoms with E-state index in [-0.39, 0.29) is 45.5 Å². The van der Waals surface area contributed by atoms with Crippen LogP contribution in [0.2, 0.25) is 51.4 Å². The van der Waals surface area contributed by atoms with E-state index >= 15 is 0 Å². The third kappa shape index (κ3) is 18.5. The molecule has 0 radical (unpaired) electrons. The number of sulfone groups is 1. The van der Waals surface area contributed by atoms with Crippen LogP contribution in [0.25, 0.3) is 96.5 Å². The molecule has 0 aliphatic heterocycles. The smallest absolute Gasteiger partial charge is 0.320 e. The minimum atomic E-state index is -3.44. The monoisotopic (exact) mass is 1790 g/mol. The molecule has 1 N–H and O–H groups in total. The predicted molar refractivity (Wildman–Crippen MR) is 491 cm³/mol. The second-order valence-electron chi connectivity index (χ2n) is 32.5. The summed E-state index contributed by atoms with van der Waals surface area (Å²) in [6.45, 7) is 17.0. The van der Waals surface area contributed by atoms with E-state index in [0.717, 1.165) is 112 Å². The number of carbonyl (C=O) groups is 3. The number of aryl methyl sites for hydroxylation is 3. The Morgan fingerprint density at radius 2 is 0.816 bits per heavy atom. The number of thiazole rings is 3. The molecule has 6 aromatic carbocycles. The standard InChI is InChI=1S/C31H34N6O4SSi.C25H20N6O3S.C23H28N6O4S2Si.C9H10O2/c1-35-26-23(27-28(35)34-29(42-27)25(31(39)40-2)20-10-7-6-8-11-20)17-32-36(30(26)38)18-21-12-9-13-24-22(21)16-33-37(24)19-41-14-15-43(3,4)5;1-30-20-17(12-27-31(24(20)32)13-15-9-6-10-18-16(15)11-26-29-18)21-22(30)28-23(35-21)19(25(33)34-2)14-7-4-3-5-8-14;1-27-19-17(20-21(27)26-23(34-20)35(2,31)32)12-24-28(22(19)30)13-15-7-6-8-18-16(15)11-25-29(18)14-33-9-10-36(3,4)5;1-11-9(10)7-8-5-3-2-4-6-8/h6-13,16-17,25H,14-15,18-19H2,1-5H3;3-12,19H,13H2,1-2H3,(H,26,29);6-8,11-12H,9-10,13-14H2,1-5H3;2-6H,7H2,1H3. The third-order valence-electron chi connectivity index (χ3n) is 21.5. The highest BCUT2D eigenvalue weighted by molar-refractivity contribution is 7.92. The van der Waals surface area contributed by atoms with Gasteiger partial charge in [-0.3, -0.25) is 33.9 Å². The minimum absolute atomic E-state index is 0.0299. The Balaban J connectivity index is 0.000000137. The van der Waals surface area contributed by atoms with Gasteiger partial charge in [-0.2, -0.15) is 30.6 Å². The number of hydrogen-bond acceptors (Lipinski definition) is 25. The van der Waals surface area contributed by atoms with Crippen molar-refractivity contribution in [1.82, 2.24) is 87.8 Å². The van der Waals surface area contributed by atoms with E-state index in [1.807, 2.05) is 175 Å². The van der Waals surface area contributed by atoms with Crippen LogP contribution in [-0.2, 0) is 109 Å². The maximum absolute atomic E-state index is 13.8. The molecule has 18 aromatic rings. The van der Waals surface area contributed by atoms with Crippen LogP contribution in [0.1, 0.15) is 55.2 Å². The molecule has 0 aliphatic rings. The number of nitrogens with zero attached hydrogens (tertiary/aromatic N) is 17. The first kappa shape index (κ1) is 87.3. The van der Waals surface area contributed by atoms with Crippen molar-refractivity contribution < 1.29 is 46.5 Å². The van der Waals surface area contributed by atoms with Crippen LogP contribution in [0.4, 0.5) is 0 Å². The highest BCUT2D eigenvalue weighted by Crippen LogP contribution is 2.40. The second-order valence-corrected chi connectivity index (χ2v) is 49.0. The van der Waals surface area contributed by atoms with E-state index in [0.29, 0.717) is 104 Å². The van der Waals surface area contributed by atoms with Gasteiger partial charge in [0.05, 0.1) is 115 Å². The van der Waals surface area contributed by atoms with E-state index in [1.54, 1.807) is 51.7 Å². The lowest BCUT2D eigenvalue weighted by Crippen LogP contribution is -2.24. The molecule has 2 unspecified atom stereocenters. The summed E-state index contributed by atoms with van der Waals surface area (Å²) in [5, 5.41) is 35.6. The molecule has 31 nitrogen and oxygen atoms in total. The maximum Gasteiger partial charge on any atom is 0.320 e. The van der Waals surface area contributed by atoms with Crippen molar-refractivity contribution in [3.63, 3.8) is 0 Å². The van der Waals surface area contributed by atoms with Crippen LogP contribution in [0.5, 0.6) is 0 Å². The van der Waals surface area contributed by atoms with Gasteiger partial charge in [0.15, 0.2) is 16.9 Å². The molecule has 37 heteroatoms. The van der Waals surface area contributed by atoms with E-state index in [9.17, 15) is 37.2 Å². The number of H-pyrrole nitrogens is 1. The lowest BCUT2D eigenvalue weighted by molar-refractivity contribution is -0.142. The molecule has 0 amide bonds. The molecule has 0 saturated carbocycles. The number of esters is 3. The molecule has 12 heterocycles. The van der Waals surface area contributed by atoms with E-state index in [4.69, 9.17) is 28.9 Å². The summed E-state index contributed by atoms with van der Waals surface area (Å²) in [7, 11) is 3.73. The topological polar surface area (TPSA) is 354 Å². The molecule has 0 fully saturated rings. The zero-order chi connectivity index (χ0) is 88.3. The van der Waals surface area contributed by atoms with Gasteiger partial charge in [-0.05, 0) is 63.7 Å². The average molecular weight is 1790 g/mol. The number of ether oxygens (including phenoxy) is 5. The summed E-state index contributed by atoms with van der Waals surface area (Å²) in [5.41, 5.74) is 10.7. The van der Waals surface area contributed by atoms with Gasteiger partial charge in [0.2, 0.25) is 14.2 Å². The molecular formula is C88H92N18O13S4Si2. The zero-order valence-corrected chi connectivity index (χ0v) is 76.4. The zero-order valence-electron chi connectivity index (χ0n) is 71.1. The Kier molecular flexibility index (Phi) is 25.6. The Morgan fingerprint density at radius 1 is 0.440 bits per heavy atom. The summed E-state index contributed by atoms with van der Waals surface area (Å²) in [4.78, 5) is 90.7. The molecule has 2 atom stereocenters. The molecule has 0 saturated heterocycles. The van der Waals surface area contributed by atoms with Crippen LogP contribution < -0.4 is 16.7 Å². The van der Waals surface area contributed by atoms with Crippen molar-refractivity contribution in [2.75, 3.05) is 40.8 Å². The number of nitrogens with one attached hydrogen (secondary N) is 1. The third-order valence-corrected chi connectivity index (χ3v) is 29.9. The van der Waals surface area contributed by atoms with Crippen molar-refractivity contribution in [3.05, 3.63) is 257 Å². The molecular weight excluding hydrogens is 1700 g/mol. The molecule has 0 bridgehead atoms. The first-order valence-electron chi connectivity index (χ1n) is 40.0. The Bertz CT molecular complexity index is 7380. The van der Waals surface area contributed by atoms with Gasteiger partial charge >= 0.3 is 17.9 Å². The number of methoxy groups -OCH3 is 3. The molecule has 18 rings (SSSR count). The molecule has 12 aromatic heterocycles. The van der Waals surface area contributed by atoms with Crippen LogP contribution in [0.15, 0.2) is 201 Å². The van der Waals surface area contributed by atoms with E-state index in [2.05, 4.69) is 84.7 Å². The number of rotatable bonds is 25. The first-order chi connectivity index (χ1) is 60.0. The van der Waals surface area contributed by atoms with Gasteiger partial charge < -0.3 is 37.4 Å². The molecule has 0 spiro atoms. The van der Waals surface area contributed by atoms with Crippen molar-refractivity contribution in [2.24, 2.45) is 21.1 Å². The molecule has 644 valence electrons. The lowest BCUT2D eigenvalue weighted by atomic mass is 10.0. The highest BCUT2D eigenvalue weighted by atomic mass is 32.2. The number of aromatic amines is 1. The summed E-state index contributed by atoms with van der Waals surface area (Å²) < 4.78 is 65.9. The van der Waals surface area contributed by atoms with E-state index in [1.165, 1.54) is 58.0 Å². The van der Waals surface area contributed by atoms with Crippen LogP contribution in [0, 0.1) is 0 Å². The minimum Gasteiger partial charge on any atom is -0.469 e. The SMILES string of the molecule is COC(=O)C(c1ccccc1)c1nc2c(s1)c1cnn(Cc3cccc4[nH]ncc34)c(=O)c1n2C.COC(=O)C(c1ccccc1)c1nc2c(s1)c1cnn(Cc3cccc4c3cnn4COCC[Si](C)(C)C)c(=O)c1n2C.COC(=O)Cc1ccccc1.Cn1c2nc(S(C)(=O)=O)sc2c2cnn(Cc3cccc4c3cnn4COCC[Si](C)(C)C)c(=O)c21. The highest BCUT2D eigenvalue weighted by Gasteiger charge is 2.33. The van der Waals surface area contributed by atoms with Gasteiger partial charge in [0.25, 0.3) is 16.7 Å². The predicted octanol–water partition coefficient (Wildman–Crippen LogP) is 13.8. The molecule has 125 heavy (non-hydrogen) atoms. The largest absolute Gasteiger partial charge is 0.469 e. The Labute approximate surface area is 729 Å². The average Bonchev–Trinajstić information content (AvgIpc) is 1.59.